The molecule has 3 heterocycles. The first-order valence-corrected chi connectivity index (χ1v) is 13.9. The number of aromatic nitrogens is 2. The van der Waals surface area contributed by atoms with Gasteiger partial charge in [0.1, 0.15) is 0 Å². The van der Waals surface area contributed by atoms with Crippen LogP contribution in [0.2, 0.25) is 0 Å². The standard InChI is InChI=1S/C27H18N4Se2/c1-30-21-9-3-2-8-20(21)29-27(30)18(17-28)16-19-14-15-26(32-19)31-22-10-4-6-12-24(22)33-25-13-7-5-11-23(25)31/h2-16H,1H3/b18-16+. The molecule has 0 saturated heterocycles. The van der Waals surface area contributed by atoms with Crippen molar-refractivity contribution in [3.63, 3.8) is 0 Å². The fourth-order valence-electron chi connectivity index (χ4n) is 4.16. The van der Waals surface area contributed by atoms with E-state index in [0.29, 0.717) is 26.4 Å². The zero-order chi connectivity index (χ0) is 22.4. The van der Waals surface area contributed by atoms with Gasteiger partial charge in [0.15, 0.2) is 0 Å². The summed E-state index contributed by atoms with van der Waals surface area (Å²) in [6, 6.07) is 32.2. The van der Waals surface area contributed by atoms with Gasteiger partial charge in [-0.2, -0.15) is 0 Å². The van der Waals surface area contributed by atoms with Gasteiger partial charge in [0.2, 0.25) is 0 Å². The van der Waals surface area contributed by atoms with E-state index in [2.05, 4.69) is 71.6 Å². The van der Waals surface area contributed by atoms with Crippen LogP contribution in [0, 0.1) is 11.3 Å². The Hall–Kier alpha value is -3.32. The van der Waals surface area contributed by atoms with E-state index in [1.807, 2.05) is 42.0 Å². The summed E-state index contributed by atoms with van der Waals surface area (Å²) < 4.78 is 7.27. The minimum atomic E-state index is 0.0806. The minimum absolute atomic E-state index is 0.0806. The summed E-state index contributed by atoms with van der Waals surface area (Å²) >= 11 is 0.386. The Morgan fingerprint density at radius 2 is 1.55 bits per heavy atom. The zero-order valence-electron chi connectivity index (χ0n) is 17.8. The molecule has 158 valence electrons. The van der Waals surface area contributed by atoms with Crippen molar-refractivity contribution in [1.82, 2.24) is 9.55 Å². The SMILES string of the molecule is Cn1c(/C(C#N)=C/c2ccc(N3c4ccccc4[Se]c4ccccc43)[se]2)nc2ccccc21. The Bertz CT molecular complexity index is 1540. The van der Waals surface area contributed by atoms with Gasteiger partial charge in [0.25, 0.3) is 0 Å². The van der Waals surface area contributed by atoms with Crippen molar-refractivity contribution in [2.75, 3.05) is 4.90 Å². The van der Waals surface area contributed by atoms with Gasteiger partial charge in [-0.15, -0.1) is 0 Å². The third-order valence-electron chi connectivity index (χ3n) is 5.70. The number of imidazole rings is 1. The molecule has 0 saturated carbocycles. The van der Waals surface area contributed by atoms with Crippen molar-refractivity contribution < 1.29 is 0 Å². The van der Waals surface area contributed by atoms with Crippen molar-refractivity contribution in [3.05, 3.63) is 95.2 Å². The van der Waals surface area contributed by atoms with Crippen molar-refractivity contribution >= 4 is 77.0 Å². The first-order valence-electron chi connectivity index (χ1n) is 10.5. The average Bonchev–Trinajstić information content (AvgIpc) is 3.45. The zero-order valence-corrected chi connectivity index (χ0v) is 21.2. The molecule has 0 aliphatic carbocycles. The topological polar surface area (TPSA) is 44.9 Å². The molecule has 0 amide bonds. The second-order valence-corrected chi connectivity index (χ2v) is 12.3. The van der Waals surface area contributed by atoms with Crippen LogP contribution < -0.4 is 13.8 Å². The number of allylic oxidation sites excluding steroid dienone is 1. The third-order valence-corrected chi connectivity index (χ3v) is 10.2. The molecule has 0 spiro atoms. The molecule has 0 atom stereocenters. The van der Waals surface area contributed by atoms with E-state index in [0.717, 1.165) is 11.0 Å². The molecule has 1 aliphatic rings. The van der Waals surface area contributed by atoms with Gasteiger partial charge >= 0.3 is 205 Å². The Labute approximate surface area is 204 Å². The summed E-state index contributed by atoms with van der Waals surface area (Å²) in [7, 11) is 1.97. The van der Waals surface area contributed by atoms with Gasteiger partial charge in [-0.25, -0.2) is 0 Å². The summed E-state index contributed by atoms with van der Waals surface area (Å²) in [6.07, 6.45) is 2.01. The fraction of sp³-hybridized carbons (Fsp3) is 0.0370. The molecular weight excluding hydrogens is 538 g/mol. The number of hydrogen-bond donors (Lipinski definition) is 0. The van der Waals surface area contributed by atoms with Crippen LogP contribution in [0.1, 0.15) is 10.3 Å². The average molecular weight is 556 g/mol. The summed E-state index contributed by atoms with van der Waals surface area (Å²) in [5.41, 5.74) is 5.09. The number of benzene rings is 3. The molecule has 6 rings (SSSR count). The van der Waals surface area contributed by atoms with Gasteiger partial charge in [-0.1, -0.05) is 0 Å². The maximum atomic E-state index is 9.95. The first-order chi connectivity index (χ1) is 16.2. The molecule has 5 aromatic rings. The monoisotopic (exact) mass is 558 g/mol. The molecule has 0 N–H and O–H groups in total. The second kappa shape index (κ2) is 8.23. The number of nitrogens with zero attached hydrogens (tertiary/aromatic N) is 4. The van der Waals surface area contributed by atoms with Gasteiger partial charge in [-0.3, -0.25) is 0 Å². The molecule has 3 aromatic carbocycles. The number of rotatable bonds is 3. The van der Waals surface area contributed by atoms with Crippen molar-refractivity contribution in [3.8, 4) is 6.07 Å². The molecule has 33 heavy (non-hydrogen) atoms. The van der Waals surface area contributed by atoms with E-state index in [9.17, 15) is 5.26 Å². The summed E-state index contributed by atoms with van der Waals surface area (Å²) in [4.78, 5) is 7.13. The van der Waals surface area contributed by atoms with Crippen molar-refractivity contribution in [2.24, 2.45) is 7.05 Å². The molecule has 0 radical (unpaired) electrons. The van der Waals surface area contributed by atoms with Gasteiger partial charge in [0, 0.05) is 0 Å². The molecule has 4 nitrogen and oxygen atoms in total. The third kappa shape index (κ3) is 3.47. The number of anilines is 3. The van der Waals surface area contributed by atoms with Crippen molar-refractivity contribution in [2.45, 2.75) is 0 Å². The van der Waals surface area contributed by atoms with Crippen LogP contribution in [0.4, 0.5) is 15.9 Å². The second-order valence-electron chi connectivity index (χ2n) is 7.70. The van der Waals surface area contributed by atoms with Crippen LogP contribution in [-0.4, -0.2) is 39.0 Å². The van der Waals surface area contributed by atoms with Gasteiger partial charge in [-0.05, 0) is 0 Å². The molecule has 1 aliphatic heterocycles. The Morgan fingerprint density at radius 1 is 0.879 bits per heavy atom. The van der Waals surface area contributed by atoms with Crippen molar-refractivity contribution in [1.29, 1.82) is 5.26 Å². The van der Waals surface area contributed by atoms with E-state index in [-0.39, 0.29) is 14.5 Å². The number of hydrogen-bond acceptors (Lipinski definition) is 3. The van der Waals surface area contributed by atoms with Crippen LogP contribution in [0.15, 0.2) is 84.9 Å². The maximum absolute atomic E-state index is 9.95. The van der Waals surface area contributed by atoms with E-state index >= 15 is 0 Å². The molecular formula is C27H18N4Se2. The quantitative estimate of drug-likeness (QED) is 0.243. The normalized spacial score (nSPS) is 13.0. The number of nitriles is 1. The molecule has 6 heteroatoms. The summed E-state index contributed by atoms with van der Waals surface area (Å²) in [5, 5.41) is 9.95. The van der Waals surface area contributed by atoms with Gasteiger partial charge in [0.05, 0.1) is 0 Å². The fourth-order valence-corrected chi connectivity index (χ4v) is 8.43. The molecule has 0 unspecified atom stereocenters. The van der Waals surface area contributed by atoms with E-state index < -0.39 is 0 Å². The molecule has 0 bridgehead atoms. The summed E-state index contributed by atoms with van der Waals surface area (Å²) in [6.45, 7) is 0. The van der Waals surface area contributed by atoms with E-state index in [1.165, 1.54) is 29.3 Å². The predicted molar refractivity (Wildman–Crippen MR) is 137 cm³/mol. The van der Waals surface area contributed by atoms with Crippen LogP contribution in [0.5, 0.6) is 0 Å². The van der Waals surface area contributed by atoms with Crippen LogP contribution in [-0.2, 0) is 7.05 Å². The molecule has 0 fully saturated rings. The number of para-hydroxylation sites is 4. The first kappa shape index (κ1) is 20.3. The van der Waals surface area contributed by atoms with Crippen LogP contribution >= 0.6 is 0 Å². The summed E-state index contributed by atoms with van der Waals surface area (Å²) in [5.74, 6) is 0.709. The van der Waals surface area contributed by atoms with Crippen LogP contribution in [0.3, 0.4) is 0 Å². The predicted octanol–water partition coefficient (Wildman–Crippen LogP) is 4.13. The van der Waals surface area contributed by atoms with Gasteiger partial charge < -0.3 is 0 Å². The molecule has 2 aromatic heterocycles. The Kier molecular flexibility index (Phi) is 5.06. The Morgan fingerprint density at radius 3 is 2.24 bits per heavy atom. The van der Waals surface area contributed by atoms with E-state index in [4.69, 9.17) is 4.98 Å². The Balaban J connectivity index is 1.43. The van der Waals surface area contributed by atoms with E-state index in [1.54, 1.807) is 0 Å². The van der Waals surface area contributed by atoms with Crippen LogP contribution in [0.25, 0.3) is 22.7 Å². The number of aryl methyl sites for hydroxylation is 1. The number of fused-ring (bicyclic) bond motifs is 3.